The smallest absolute Gasteiger partial charge is 0.00313 e. The summed E-state index contributed by atoms with van der Waals surface area (Å²) < 4.78 is 0. The topological polar surface area (TPSA) is 0 Å². The molecule has 0 nitrogen and oxygen atoms in total. The summed E-state index contributed by atoms with van der Waals surface area (Å²) in [6, 6.07) is 0. The van der Waals surface area contributed by atoms with Gasteiger partial charge in [0.05, 0.1) is 0 Å². The molecule has 0 spiro atoms. The van der Waals surface area contributed by atoms with Crippen LogP contribution in [0.1, 0.15) is 90.4 Å². The van der Waals surface area contributed by atoms with Gasteiger partial charge in [-0.3, -0.25) is 0 Å². The summed E-state index contributed by atoms with van der Waals surface area (Å²) in [6.45, 7) is 2.26. The van der Waals surface area contributed by atoms with Gasteiger partial charge in [-0.1, -0.05) is 92.1 Å². The molecule has 118 valence electrons. The van der Waals surface area contributed by atoms with E-state index < -0.39 is 0 Å². The number of allylic oxidation sites excluding steroid dienone is 4. The molecule has 0 fully saturated rings. The van der Waals surface area contributed by atoms with Crippen molar-refractivity contribution in [1.82, 2.24) is 0 Å². The molecule has 0 aliphatic heterocycles. The van der Waals surface area contributed by atoms with Crippen LogP contribution in [-0.4, -0.2) is 5.33 Å². The van der Waals surface area contributed by atoms with Crippen LogP contribution < -0.4 is 0 Å². The average Bonchev–Trinajstić information content (AvgIpc) is 2.47. The summed E-state index contributed by atoms with van der Waals surface area (Å²) in [5, 5.41) is 1.17. The number of rotatable bonds is 15. The lowest BCUT2D eigenvalue weighted by Gasteiger charge is -1.99. The van der Waals surface area contributed by atoms with E-state index in [0.29, 0.717) is 0 Å². The molecule has 1 heteroatoms. The SMILES string of the molecule is CCCCCC=CCC=CCCCCCCCCCBr. The molecular formula is C19H35Br. The first-order valence-corrected chi connectivity index (χ1v) is 9.90. The van der Waals surface area contributed by atoms with Crippen molar-refractivity contribution < 1.29 is 0 Å². The highest BCUT2D eigenvalue weighted by Crippen LogP contribution is 2.09. The van der Waals surface area contributed by atoms with Gasteiger partial charge in [0.2, 0.25) is 0 Å². The third kappa shape index (κ3) is 18.0. The summed E-state index contributed by atoms with van der Waals surface area (Å²) in [5.74, 6) is 0. The standard InChI is InChI=1S/C19H35Br/c1-2-3-4-5-6-7-8-9-10-11-12-13-14-15-16-17-18-19-20/h6-7,9-10H,2-5,8,11-19H2,1H3. The fourth-order valence-corrected chi connectivity index (χ4v) is 2.66. The average molecular weight is 343 g/mol. The Hall–Kier alpha value is -0.0400. The molecule has 0 unspecified atom stereocenters. The van der Waals surface area contributed by atoms with Gasteiger partial charge in [0, 0.05) is 5.33 Å². The van der Waals surface area contributed by atoms with Gasteiger partial charge >= 0.3 is 0 Å². The number of hydrogen-bond donors (Lipinski definition) is 0. The lowest BCUT2D eigenvalue weighted by molar-refractivity contribution is 0.594. The van der Waals surface area contributed by atoms with Gasteiger partial charge in [0.15, 0.2) is 0 Å². The van der Waals surface area contributed by atoms with Gasteiger partial charge in [-0.2, -0.15) is 0 Å². The number of halogens is 1. The minimum absolute atomic E-state index is 1.12. The zero-order valence-electron chi connectivity index (χ0n) is 13.6. The maximum absolute atomic E-state index is 3.48. The number of alkyl halides is 1. The molecule has 0 bridgehead atoms. The van der Waals surface area contributed by atoms with Gasteiger partial charge in [-0.05, 0) is 38.5 Å². The summed E-state index contributed by atoms with van der Waals surface area (Å²) in [4.78, 5) is 0. The van der Waals surface area contributed by atoms with Crippen LogP contribution in [0.15, 0.2) is 24.3 Å². The van der Waals surface area contributed by atoms with Crippen LogP contribution in [0.2, 0.25) is 0 Å². The van der Waals surface area contributed by atoms with E-state index in [9.17, 15) is 0 Å². The Balaban J connectivity index is 3.12. The molecule has 0 N–H and O–H groups in total. The molecule has 0 saturated heterocycles. The van der Waals surface area contributed by atoms with Crippen LogP contribution in [0.25, 0.3) is 0 Å². The normalized spacial score (nSPS) is 11.9. The molecular weight excluding hydrogens is 308 g/mol. The van der Waals surface area contributed by atoms with E-state index >= 15 is 0 Å². The van der Waals surface area contributed by atoms with Gasteiger partial charge in [-0.25, -0.2) is 0 Å². The van der Waals surface area contributed by atoms with Gasteiger partial charge in [0.25, 0.3) is 0 Å². The van der Waals surface area contributed by atoms with Crippen molar-refractivity contribution in [1.29, 1.82) is 0 Å². The number of hydrogen-bond acceptors (Lipinski definition) is 0. The predicted octanol–water partition coefficient (Wildman–Crippen LogP) is 7.58. The second-order valence-electron chi connectivity index (χ2n) is 5.63. The lowest BCUT2D eigenvalue weighted by Crippen LogP contribution is -1.80. The van der Waals surface area contributed by atoms with Crippen LogP contribution >= 0.6 is 15.9 Å². The van der Waals surface area contributed by atoms with Crippen molar-refractivity contribution >= 4 is 15.9 Å². The third-order valence-electron chi connectivity index (χ3n) is 3.58. The molecule has 0 rings (SSSR count). The molecule has 0 atom stereocenters. The highest BCUT2D eigenvalue weighted by atomic mass is 79.9. The van der Waals surface area contributed by atoms with Crippen molar-refractivity contribution in [2.45, 2.75) is 90.4 Å². The van der Waals surface area contributed by atoms with E-state index in [1.54, 1.807) is 0 Å². The zero-order valence-corrected chi connectivity index (χ0v) is 15.2. The Morgan fingerprint density at radius 3 is 1.65 bits per heavy atom. The summed E-state index contributed by atoms with van der Waals surface area (Å²) in [6.07, 6.45) is 26.8. The van der Waals surface area contributed by atoms with E-state index in [1.165, 1.54) is 82.4 Å². The van der Waals surface area contributed by atoms with E-state index in [0.717, 1.165) is 6.42 Å². The van der Waals surface area contributed by atoms with Crippen molar-refractivity contribution in [3.63, 3.8) is 0 Å². The van der Waals surface area contributed by atoms with Crippen LogP contribution in [-0.2, 0) is 0 Å². The fraction of sp³-hybridized carbons (Fsp3) is 0.789. The Morgan fingerprint density at radius 2 is 1.10 bits per heavy atom. The molecule has 0 aromatic carbocycles. The maximum atomic E-state index is 3.48. The van der Waals surface area contributed by atoms with Crippen LogP contribution in [0, 0.1) is 0 Å². The first-order chi connectivity index (χ1) is 9.91. The zero-order chi connectivity index (χ0) is 14.7. The molecule has 0 heterocycles. The lowest BCUT2D eigenvalue weighted by atomic mass is 10.1. The molecule has 0 saturated carbocycles. The predicted molar refractivity (Wildman–Crippen MR) is 97.8 cm³/mol. The van der Waals surface area contributed by atoms with Crippen LogP contribution in [0.5, 0.6) is 0 Å². The first-order valence-electron chi connectivity index (χ1n) is 8.77. The van der Waals surface area contributed by atoms with Gasteiger partial charge < -0.3 is 0 Å². The summed E-state index contributed by atoms with van der Waals surface area (Å²) in [5.41, 5.74) is 0. The minimum Gasteiger partial charge on any atom is -0.0928 e. The molecule has 0 aliphatic carbocycles. The van der Waals surface area contributed by atoms with Crippen molar-refractivity contribution in [3.05, 3.63) is 24.3 Å². The van der Waals surface area contributed by atoms with Crippen LogP contribution in [0.3, 0.4) is 0 Å². The van der Waals surface area contributed by atoms with E-state index in [1.807, 2.05) is 0 Å². The quantitative estimate of drug-likeness (QED) is 0.163. The molecule has 0 aromatic heterocycles. The molecule has 0 aromatic rings. The Bertz CT molecular complexity index is 218. The molecule has 0 aliphatic rings. The second kappa shape index (κ2) is 19.0. The molecule has 0 amide bonds. The summed E-state index contributed by atoms with van der Waals surface area (Å²) in [7, 11) is 0. The monoisotopic (exact) mass is 342 g/mol. The molecule has 20 heavy (non-hydrogen) atoms. The van der Waals surface area contributed by atoms with Crippen molar-refractivity contribution in [3.8, 4) is 0 Å². The van der Waals surface area contributed by atoms with Gasteiger partial charge in [0.1, 0.15) is 0 Å². The Morgan fingerprint density at radius 1 is 0.600 bits per heavy atom. The molecule has 0 radical (unpaired) electrons. The number of unbranched alkanes of at least 4 members (excludes halogenated alkanes) is 10. The highest BCUT2D eigenvalue weighted by Gasteiger charge is 1.90. The first kappa shape index (κ1) is 20.0. The van der Waals surface area contributed by atoms with Gasteiger partial charge in [-0.15, -0.1) is 0 Å². The van der Waals surface area contributed by atoms with Crippen molar-refractivity contribution in [2.24, 2.45) is 0 Å². The Labute approximate surface area is 136 Å². The highest BCUT2D eigenvalue weighted by molar-refractivity contribution is 9.09. The maximum Gasteiger partial charge on any atom is 0.00313 e. The summed E-state index contributed by atoms with van der Waals surface area (Å²) >= 11 is 3.48. The third-order valence-corrected chi connectivity index (χ3v) is 4.14. The van der Waals surface area contributed by atoms with Crippen molar-refractivity contribution in [2.75, 3.05) is 5.33 Å². The minimum atomic E-state index is 1.12. The van der Waals surface area contributed by atoms with E-state index in [4.69, 9.17) is 0 Å². The van der Waals surface area contributed by atoms with E-state index in [-0.39, 0.29) is 0 Å². The van der Waals surface area contributed by atoms with Crippen LogP contribution in [0.4, 0.5) is 0 Å². The fourth-order valence-electron chi connectivity index (χ4n) is 2.26. The second-order valence-corrected chi connectivity index (χ2v) is 6.42. The Kier molecular flexibility index (Phi) is 18.9. The van der Waals surface area contributed by atoms with E-state index in [2.05, 4.69) is 47.2 Å². The largest absolute Gasteiger partial charge is 0.0928 e.